The van der Waals surface area contributed by atoms with Crippen LogP contribution in [0.25, 0.3) is 11.6 Å². The summed E-state index contributed by atoms with van der Waals surface area (Å²) in [5.41, 5.74) is 1.56. The number of hydrogen-bond acceptors (Lipinski definition) is 6. The maximum Gasteiger partial charge on any atom is 0.276 e. The Balaban J connectivity index is 1.47. The van der Waals surface area contributed by atoms with E-state index in [-0.39, 0.29) is 0 Å². The molecule has 0 aliphatic carbocycles. The largest absolute Gasteiger partial charge is 0.388 e. The van der Waals surface area contributed by atoms with E-state index in [0.717, 1.165) is 12.1 Å². The van der Waals surface area contributed by atoms with Crippen molar-refractivity contribution in [1.82, 2.24) is 25.8 Å². The van der Waals surface area contributed by atoms with E-state index >= 15 is 0 Å². The average molecular weight is 394 g/mol. The molecule has 2 heterocycles. The molecule has 8 nitrogen and oxygen atoms in total. The molecule has 0 saturated carbocycles. The van der Waals surface area contributed by atoms with E-state index in [0.29, 0.717) is 49.3 Å². The first kappa shape index (κ1) is 20.5. The van der Waals surface area contributed by atoms with Crippen molar-refractivity contribution in [1.29, 1.82) is 0 Å². The fourth-order valence-electron chi connectivity index (χ4n) is 2.72. The number of aromatic nitrogens is 3. The second-order valence-electron chi connectivity index (χ2n) is 6.38. The summed E-state index contributed by atoms with van der Waals surface area (Å²) >= 11 is 0. The van der Waals surface area contributed by atoms with Crippen molar-refractivity contribution >= 4 is 5.96 Å². The van der Waals surface area contributed by atoms with Gasteiger partial charge < -0.3 is 20.3 Å². The highest BCUT2D eigenvalue weighted by Gasteiger charge is 2.10. The minimum Gasteiger partial charge on any atom is -0.388 e. The third kappa shape index (κ3) is 6.39. The molecule has 3 N–H and O–H groups in total. The number of aliphatic hydroxyl groups excluding tert-OH is 1. The van der Waals surface area contributed by atoms with Crippen molar-refractivity contribution in [3.05, 3.63) is 66.1 Å². The van der Waals surface area contributed by atoms with Crippen LogP contribution in [0.2, 0.25) is 0 Å². The van der Waals surface area contributed by atoms with Gasteiger partial charge in [0.1, 0.15) is 5.69 Å². The fraction of sp³-hybridized carbons (Fsp3) is 0.333. The molecule has 0 saturated heterocycles. The molecule has 29 heavy (non-hydrogen) atoms. The van der Waals surface area contributed by atoms with Gasteiger partial charge in [0.05, 0.1) is 6.10 Å². The van der Waals surface area contributed by atoms with E-state index in [1.165, 1.54) is 0 Å². The summed E-state index contributed by atoms with van der Waals surface area (Å²) in [5, 5.41) is 20.7. The van der Waals surface area contributed by atoms with E-state index in [1.54, 1.807) is 6.20 Å². The Bertz CT molecular complexity index is 882. The number of nitrogens with zero attached hydrogens (tertiary/aromatic N) is 4. The van der Waals surface area contributed by atoms with Crippen LogP contribution in [-0.4, -0.2) is 45.8 Å². The van der Waals surface area contributed by atoms with Crippen LogP contribution in [0.15, 0.2) is 64.2 Å². The molecule has 0 bridgehead atoms. The van der Waals surface area contributed by atoms with Crippen LogP contribution in [0.1, 0.15) is 30.8 Å². The van der Waals surface area contributed by atoms with Gasteiger partial charge in [0.2, 0.25) is 0 Å². The highest BCUT2D eigenvalue weighted by atomic mass is 16.5. The molecule has 3 aromatic rings. The van der Waals surface area contributed by atoms with Crippen molar-refractivity contribution in [3.8, 4) is 11.6 Å². The van der Waals surface area contributed by atoms with Gasteiger partial charge in [-0.25, -0.2) is 0 Å². The standard InChI is InChI=1S/C21H26N6O2/c1-2-22-21(24-14-11-18(28)16-8-4-3-5-9-16)25-15-12-19-26-20(29-27-19)17-10-6-7-13-23-17/h3-10,13,18,28H,2,11-12,14-15H2,1H3,(H2,22,24,25). The number of pyridine rings is 1. The number of benzene rings is 1. The Labute approximate surface area is 170 Å². The van der Waals surface area contributed by atoms with Crippen LogP contribution >= 0.6 is 0 Å². The smallest absolute Gasteiger partial charge is 0.276 e. The quantitative estimate of drug-likeness (QED) is 0.378. The maximum atomic E-state index is 10.2. The summed E-state index contributed by atoms with van der Waals surface area (Å²) < 4.78 is 5.26. The van der Waals surface area contributed by atoms with Crippen LogP contribution in [-0.2, 0) is 6.42 Å². The SMILES string of the molecule is CCNC(=NCCC(O)c1ccccc1)NCCc1noc(-c2ccccn2)n1. The number of hydrogen-bond donors (Lipinski definition) is 3. The summed E-state index contributed by atoms with van der Waals surface area (Å²) in [5.74, 6) is 1.71. The zero-order valence-corrected chi connectivity index (χ0v) is 16.5. The number of nitrogens with one attached hydrogen (secondary N) is 2. The maximum absolute atomic E-state index is 10.2. The average Bonchev–Trinajstić information content (AvgIpc) is 3.24. The Morgan fingerprint density at radius 2 is 1.97 bits per heavy atom. The molecule has 0 spiro atoms. The normalized spacial score (nSPS) is 12.6. The molecule has 0 radical (unpaired) electrons. The summed E-state index contributed by atoms with van der Waals surface area (Å²) in [6.07, 6.45) is 2.31. The van der Waals surface area contributed by atoms with Gasteiger partial charge in [-0.1, -0.05) is 41.6 Å². The van der Waals surface area contributed by atoms with E-state index in [2.05, 4.69) is 30.8 Å². The zero-order chi connectivity index (χ0) is 20.3. The lowest BCUT2D eigenvalue weighted by molar-refractivity contribution is 0.170. The highest BCUT2D eigenvalue weighted by Crippen LogP contribution is 2.15. The third-order valence-electron chi connectivity index (χ3n) is 4.19. The zero-order valence-electron chi connectivity index (χ0n) is 16.5. The van der Waals surface area contributed by atoms with Gasteiger partial charge in [-0.05, 0) is 31.0 Å². The molecule has 0 aliphatic heterocycles. The topological polar surface area (TPSA) is 108 Å². The molecule has 0 fully saturated rings. The molecule has 1 unspecified atom stereocenters. The van der Waals surface area contributed by atoms with Crippen molar-refractivity contribution in [3.63, 3.8) is 0 Å². The molecule has 152 valence electrons. The molecule has 8 heteroatoms. The fourth-order valence-corrected chi connectivity index (χ4v) is 2.72. The first-order chi connectivity index (χ1) is 14.3. The lowest BCUT2D eigenvalue weighted by atomic mass is 10.1. The molecule has 2 aromatic heterocycles. The van der Waals surface area contributed by atoms with Crippen LogP contribution in [0.4, 0.5) is 0 Å². The van der Waals surface area contributed by atoms with Gasteiger partial charge in [0.25, 0.3) is 5.89 Å². The molecule has 0 aliphatic rings. The van der Waals surface area contributed by atoms with Crippen molar-refractivity contribution in [2.45, 2.75) is 25.9 Å². The Morgan fingerprint density at radius 1 is 1.14 bits per heavy atom. The Hall–Kier alpha value is -3.26. The lowest BCUT2D eigenvalue weighted by Gasteiger charge is -2.12. The van der Waals surface area contributed by atoms with Crippen LogP contribution in [0, 0.1) is 0 Å². The molecule has 3 rings (SSSR count). The third-order valence-corrected chi connectivity index (χ3v) is 4.19. The second-order valence-corrected chi connectivity index (χ2v) is 6.38. The van der Waals surface area contributed by atoms with Gasteiger partial charge >= 0.3 is 0 Å². The van der Waals surface area contributed by atoms with Gasteiger partial charge in [0.15, 0.2) is 11.8 Å². The van der Waals surface area contributed by atoms with Gasteiger partial charge in [-0.15, -0.1) is 0 Å². The summed E-state index contributed by atoms with van der Waals surface area (Å²) in [6, 6.07) is 15.2. The van der Waals surface area contributed by atoms with E-state index in [4.69, 9.17) is 4.52 Å². The van der Waals surface area contributed by atoms with E-state index in [9.17, 15) is 5.11 Å². The number of rotatable bonds is 9. The minimum absolute atomic E-state index is 0.413. The molecule has 0 amide bonds. The number of aliphatic hydroxyl groups is 1. The van der Waals surface area contributed by atoms with Crippen LogP contribution in [0.3, 0.4) is 0 Å². The molecular formula is C21H26N6O2. The van der Waals surface area contributed by atoms with Crippen molar-refractivity contribution in [2.24, 2.45) is 4.99 Å². The Morgan fingerprint density at radius 3 is 2.72 bits per heavy atom. The second kappa shape index (κ2) is 10.9. The van der Waals surface area contributed by atoms with E-state index in [1.807, 2.05) is 55.5 Å². The summed E-state index contributed by atoms with van der Waals surface area (Å²) in [6.45, 7) is 3.87. The van der Waals surface area contributed by atoms with Crippen LogP contribution in [0.5, 0.6) is 0 Å². The van der Waals surface area contributed by atoms with Gasteiger partial charge in [-0.2, -0.15) is 4.98 Å². The number of aliphatic imine (C=N–C) groups is 1. The molecule has 1 aromatic carbocycles. The molecular weight excluding hydrogens is 368 g/mol. The lowest BCUT2D eigenvalue weighted by Crippen LogP contribution is -2.38. The summed E-state index contributed by atoms with van der Waals surface area (Å²) in [7, 11) is 0. The minimum atomic E-state index is -0.521. The number of guanidine groups is 1. The predicted molar refractivity (Wildman–Crippen MR) is 111 cm³/mol. The molecule has 1 atom stereocenters. The Kier molecular flexibility index (Phi) is 7.71. The monoisotopic (exact) mass is 394 g/mol. The van der Waals surface area contributed by atoms with E-state index < -0.39 is 6.10 Å². The highest BCUT2D eigenvalue weighted by molar-refractivity contribution is 5.79. The van der Waals surface area contributed by atoms with Gasteiger partial charge in [-0.3, -0.25) is 9.98 Å². The van der Waals surface area contributed by atoms with Crippen LogP contribution < -0.4 is 10.6 Å². The predicted octanol–water partition coefficient (Wildman–Crippen LogP) is 2.35. The van der Waals surface area contributed by atoms with Gasteiger partial charge in [0, 0.05) is 32.3 Å². The first-order valence-electron chi connectivity index (χ1n) is 9.75. The first-order valence-corrected chi connectivity index (χ1v) is 9.75. The summed E-state index contributed by atoms with van der Waals surface area (Å²) in [4.78, 5) is 13.1. The van der Waals surface area contributed by atoms with Crippen molar-refractivity contribution < 1.29 is 9.63 Å². The van der Waals surface area contributed by atoms with Crippen molar-refractivity contribution in [2.75, 3.05) is 19.6 Å².